The Morgan fingerprint density at radius 1 is 0.938 bits per heavy atom. The van der Waals surface area contributed by atoms with Crippen LogP contribution in [0.2, 0.25) is 0 Å². The van der Waals surface area contributed by atoms with Gasteiger partial charge in [0, 0.05) is 6.92 Å². The van der Waals surface area contributed by atoms with E-state index < -0.39 is 0 Å². The molecule has 1 aromatic carbocycles. The first kappa shape index (κ1) is 13.1. The molecule has 1 heteroatoms. The second-order valence-electron chi connectivity index (χ2n) is 6.46. The average molecular weight is 218 g/mol. The van der Waals surface area contributed by atoms with Crippen LogP contribution in [0.5, 0.6) is 5.75 Å². The molecule has 0 fully saturated rings. The van der Waals surface area contributed by atoms with Crippen LogP contribution in [0.15, 0.2) is 12.1 Å². The van der Waals surface area contributed by atoms with Crippen LogP contribution < -0.4 is 0 Å². The summed E-state index contributed by atoms with van der Waals surface area (Å²) in [6.07, 6.45) is 0. The highest BCUT2D eigenvalue weighted by molar-refractivity contribution is 5.49. The minimum atomic E-state index is -0.0978. The van der Waals surface area contributed by atoms with Gasteiger partial charge in [-0.15, -0.1) is 0 Å². The molecule has 0 heterocycles. The minimum Gasteiger partial charge on any atom is -0.507 e. The van der Waals surface area contributed by atoms with Crippen LogP contribution in [0, 0.1) is 6.92 Å². The highest BCUT2D eigenvalue weighted by Gasteiger charge is 2.23. The van der Waals surface area contributed by atoms with E-state index in [2.05, 4.69) is 47.6 Å². The summed E-state index contributed by atoms with van der Waals surface area (Å²) >= 11 is 0. The second-order valence-corrected chi connectivity index (χ2v) is 6.46. The van der Waals surface area contributed by atoms with Crippen LogP contribution in [0.3, 0.4) is 0 Å². The highest BCUT2D eigenvalue weighted by atomic mass is 16.3. The molecule has 16 heavy (non-hydrogen) atoms. The molecular formula is C15H22O. The average Bonchev–Trinajstić information content (AvgIpc) is 2.05. The first-order valence-electron chi connectivity index (χ1n) is 5.67. The van der Waals surface area contributed by atoms with Crippen molar-refractivity contribution in [1.82, 2.24) is 0 Å². The van der Waals surface area contributed by atoms with Gasteiger partial charge in [-0.1, -0.05) is 53.7 Å². The summed E-state index contributed by atoms with van der Waals surface area (Å²) in [6.45, 7) is 18.5. The zero-order valence-corrected chi connectivity index (χ0v) is 11.2. The fourth-order valence-corrected chi connectivity index (χ4v) is 1.66. The van der Waals surface area contributed by atoms with E-state index >= 15 is 0 Å². The van der Waals surface area contributed by atoms with E-state index in [0.29, 0.717) is 5.56 Å². The molecule has 1 rings (SSSR count). The zero-order valence-electron chi connectivity index (χ0n) is 11.2. The van der Waals surface area contributed by atoms with Crippen molar-refractivity contribution in [3.05, 3.63) is 35.7 Å². The Bertz CT molecular complexity index is 389. The monoisotopic (exact) mass is 218 g/mol. The molecule has 88 valence electrons. The molecule has 0 aliphatic heterocycles. The van der Waals surface area contributed by atoms with Gasteiger partial charge in [0.15, 0.2) is 0 Å². The number of hydrogen-bond donors (Lipinski definition) is 1. The number of phenolic OH excluding ortho intramolecular Hbond substituents is 1. The van der Waals surface area contributed by atoms with Crippen LogP contribution >= 0.6 is 0 Å². The third-order valence-corrected chi connectivity index (χ3v) is 2.81. The summed E-state index contributed by atoms with van der Waals surface area (Å²) in [4.78, 5) is 0. The van der Waals surface area contributed by atoms with Gasteiger partial charge < -0.3 is 5.11 Å². The Morgan fingerprint density at radius 2 is 1.44 bits per heavy atom. The van der Waals surface area contributed by atoms with Crippen molar-refractivity contribution >= 4 is 0 Å². The van der Waals surface area contributed by atoms with Gasteiger partial charge in [0.2, 0.25) is 0 Å². The van der Waals surface area contributed by atoms with Gasteiger partial charge in [0.05, 0.1) is 0 Å². The van der Waals surface area contributed by atoms with E-state index in [9.17, 15) is 5.11 Å². The number of aromatic hydroxyl groups is 1. The molecule has 0 unspecified atom stereocenters. The second kappa shape index (κ2) is 3.80. The third-order valence-electron chi connectivity index (χ3n) is 2.81. The van der Waals surface area contributed by atoms with Crippen LogP contribution in [0.1, 0.15) is 58.2 Å². The molecule has 0 aromatic heterocycles. The van der Waals surface area contributed by atoms with Crippen LogP contribution in [0.4, 0.5) is 0 Å². The molecule has 0 spiro atoms. The summed E-state index contributed by atoms with van der Waals surface area (Å²) < 4.78 is 0. The zero-order chi connectivity index (χ0) is 12.7. The molecule has 0 amide bonds. The molecule has 2 radical (unpaired) electrons. The maximum Gasteiger partial charge on any atom is 0.122 e. The predicted octanol–water partition coefficient (Wildman–Crippen LogP) is 4.05. The van der Waals surface area contributed by atoms with E-state index in [1.54, 1.807) is 0 Å². The number of benzene rings is 1. The Kier molecular flexibility index (Phi) is 3.11. The lowest BCUT2D eigenvalue weighted by Gasteiger charge is -2.26. The van der Waals surface area contributed by atoms with Gasteiger partial charge in [-0.05, 0) is 27.5 Å². The first-order valence-corrected chi connectivity index (χ1v) is 5.67. The molecule has 0 saturated carbocycles. The number of rotatable bonds is 0. The lowest BCUT2D eigenvalue weighted by molar-refractivity contribution is 0.442. The van der Waals surface area contributed by atoms with Gasteiger partial charge in [0.1, 0.15) is 5.75 Å². The topological polar surface area (TPSA) is 20.2 Å². The van der Waals surface area contributed by atoms with E-state index in [-0.39, 0.29) is 16.6 Å². The minimum absolute atomic E-state index is 0.0435. The first-order chi connectivity index (χ1) is 7.03. The SMILES string of the molecule is [CH]c1cc(C(C)(C)C)cc(C(C)(C)C)c1O. The van der Waals surface area contributed by atoms with Crippen molar-refractivity contribution in [1.29, 1.82) is 0 Å². The summed E-state index contributed by atoms with van der Waals surface area (Å²) in [5, 5.41) is 10.00. The van der Waals surface area contributed by atoms with E-state index in [1.165, 1.54) is 0 Å². The predicted molar refractivity (Wildman–Crippen MR) is 68.9 cm³/mol. The molecule has 0 aliphatic carbocycles. The number of hydrogen-bond acceptors (Lipinski definition) is 1. The van der Waals surface area contributed by atoms with E-state index in [1.807, 2.05) is 6.07 Å². The molecule has 0 atom stereocenters. The molecule has 1 N–H and O–H groups in total. The fraction of sp³-hybridized carbons (Fsp3) is 0.533. The molecule has 0 bridgehead atoms. The molecule has 1 nitrogen and oxygen atoms in total. The largest absolute Gasteiger partial charge is 0.507 e. The van der Waals surface area contributed by atoms with Gasteiger partial charge >= 0.3 is 0 Å². The molecular weight excluding hydrogens is 196 g/mol. The molecule has 0 aliphatic rings. The van der Waals surface area contributed by atoms with E-state index in [0.717, 1.165) is 11.1 Å². The van der Waals surface area contributed by atoms with Crippen molar-refractivity contribution in [2.75, 3.05) is 0 Å². The summed E-state index contributed by atoms with van der Waals surface area (Å²) in [7, 11) is 0. The standard InChI is InChI=1S/C15H22O/c1-10-8-11(14(2,3)4)9-12(13(10)16)15(5,6)7/h1,8-9,16H,2-7H3. The van der Waals surface area contributed by atoms with Crippen molar-refractivity contribution < 1.29 is 5.11 Å². The Balaban J connectivity index is 3.46. The summed E-state index contributed by atoms with van der Waals surface area (Å²) in [5.74, 6) is 0.223. The van der Waals surface area contributed by atoms with Crippen molar-refractivity contribution in [3.8, 4) is 5.75 Å². The number of phenols is 1. The summed E-state index contributed by atoms with van der Waals surface area (Å²) in [6, 6.07) is 3.93. The maximum atomic E-state index is 10.00. The van der Waals surface area contributed by atoms with Gasteiger partial charge in [-0.3, -0.25) is 0 Å². The van der Waals surface area contributed by atoms with Gasteiger partial charge in [0.25, 0.3) is 0 Å². The van der Waals surface area contributed by atoms with Crippen molar-refractivity contribution in [2.24, 2.45) is 0 Å². The van der Waals surface area contributed by atoms with Gasteiger partial charge in [-0.25, -0.2) is 0 Å². The van der Waals surface area contributed by atoms with E-state index in [4.69, 9.17) is 6.92 Å². The lowest BCUT2D eigenvalue weighted by Crippen LogP contribution is -2.17. The van der Waals surface area contributed by atoms with Crippen LogP contribution in [-0.2, 0) is 10.8 Å². The normalized spacial score (nSPS) is 12.9. The van der Waals surface area contributed by atoms with Crippen molar-refractivity contribution in [2.45, 2.75) is 52.4 Å². The third kappa shape index (κ3) is 2.58. The Labute approximate surface area is 99.5 Å². The molecule has 1 aromatic rings. The molecule has 0 saturated heterocycles. The van der Waals surface area contributed by atoms with Crippen LogP contribution in [0.25, 0.3) is 0 Å². The van der Waals surface area contributed by atoms with Crippen molar-refractivity contribution in [3.63, 3.8) is 0 Å². The maximum absolute atomic E-state index is 10.00. The fourth-order valence-electron chi connectivity index (χ4n) is 1.66. The Hall–Kier alpha value is -0.980. The highest BCUT2D eigenvalue weighted by Crippen LogP contribution is 2.37. The Morgan fingerprint density at radius 3 is 1.81 bits per heavy atom. The summed E-state index contributed by atoms with van der Waals surface area (Å²) in [5.41, 5.74) is 2.49. The van der Waals surface area contributed by atoms with Crippen LogP contribution in [-0.4, -0.2) is 5.11 Å². The smallest absolute Gasteiger partial charge is 0.122 e. The lowest BCUT2D eigenvalue weighted by atomic mass is 9.79. The quantitative estimate of drug-likeness (QED) is 0.696. The van der Waals surface area contributed by atoms with Gasteiger partial charge in [-0.2, -0.15) is 0 Å².